The minimum atomic E-state index is -2.03. The maximum atomic E-state index is 14.5. The van der Waals surface area contributed by atoms with Gasteiger partial charge >= 0.3 is 23.9 Å². The Hall–Kier alpha value is -2.27. The molecule has 0 spiro atoms. The van der Waals surface area contributed by atoms with E-state index >= 15 is 0 Å². The van der Waals surface area contributed by atoms with Crippen LogP contribution in [0.4, 0.5) is 4.39 Å². The van der Waals surface area contributed by atoms with Crippen molar-refractivity contribution >= 4 is 23.9 Å². The fourth-order valence-electron chi connectivity index (χ4n) is 2.40. The van der Waals surface area contributed by atoms with Gasteiger partial charge < -0.3 is 28.8 Å². The van der Waals surface area contributed by atoms with Gasteiger partial charge in [-0.25, -0.2) is 4.39 Å². The Balaban J connectivity index is 3.16. The summed E-state index contributed by atoms with van der Waals surface area (Å²) >= 11 is 0. The Bertz CT molecular complexity index is 551. The van der Waals surface area contributed by atoms with Crippen LogP contribution in [0.15, 0.2) is 0 Å². The minimum Gasteiger partial charge on any atom is -0.463 e. The summed E-state index contributed by atoms with van der Waals surface area (Å²) in [5.74, 6) is -3.32. The van der Waals surface area contributed by atoms with E-state index in [1.165, 1.54) is 0 Å². The third-order valence-electron chi connectivity index (χ3n) is 3.26. The van der Waals surface area contributed by atoms with E-state index in [0.717, 1.165) is 27.7 Å². The molecule has 1 aliphatic heterocycles. The summed E-state index contributed by atoms with van der Waals surface area (Å²) in [6.07, 6.45) is -10.2. The van der Waals surface area contributed by atoms with Gasteiger partial charge in [-0.05, 0) is 0 Å². The molecular weight excluding hydrogens is 359 g/mol. The number of ether oxygens (including phenoxy) is 5. The molecule has 148 valence electrons. The van der Waals surface area contributed by atoms with Crippen LogP contribution in [0, 0.1) is 0 Å². The van der Waals surface area contributed by atoms with Gasteiger partial charge in [-0.2, -0.15) is 0 Å². The highest BCUT2D eigenvalue weighted by atomic mass is 19.1. The lowest BCUT2D eigenvalue weighted by Gasteiger charge is -2.43. The Morgan fingerprint density at radius 1 is 0.885 bits per heavy atom. The van der Waals surface area contributed by atoms with E-state index < -0.39 is 67.4 Å². The first kappa shape index (κ1) is 21.8. The van der Waals surface area contributed by atoms with Gasteiger partial charge in [0.05, 0.1) is 0 Å². The predicted octanol–water partition coefficient (Wildman–Crippen LogP) is -0.600. The first-order valence-electron chi connectivity index (χ1n) is 7.65. The van der Waals surface area contributed by atoms with Crippen LogP contribution in [0.1, 0.15) is 27.7 Å². The SMILES string of the molecule is CC(=O)OC[C@H](F)[C@H]1O[C@@H](O)[C@@H](OC(C)=O)[C@@H](OC(C)=O)[C@@H]1OC(C)=O. The lowest BCUT2D eigenvalue weighted by molar-refractivity contribution is -0.301. The molecule has 10 nitrogen and oxygen atoms in total. The number of alkyl halides is 1. The first-order valence-corrected chi connectivity index (χ1v) is 7.65. The smallest absolute Gasteiger partial charge is 0.303 e. The molecule has 0 bridgehead atoms. The molecule has 0 saturated carbocycles. The van der Waals surface area contributed by atoms with Crippen LogP contribution in [0.25, 0.3) is 0 Å². The molecule has 1 saturated heterocycles. The molecule has 0 aromatic rings. The molecule has 0 unspecified atom stereocenters. The zero-order valence-corrected chi connectivity index (χ0v) is 14.7. The summed E-state index contributed by atoms with van der Waals surface area (Å²) in [6.45, 7) is 3.38. The summed E-state index contributed by atoms with van der Waals surface area (Å²) in [6, 6.07) is 0. The third-order valence-corrected chi connectivity index (χ3v) is 3.26. The number of hydrogen-bond acceptors (Lipinski definition) is 10. The molecule has 26 heavy (non-hydrogen) atoms. The molecule has 11 heteroatoms. The Morgan fingerprint density at radius 2 is 1.35 bits per heavy atom. The second-order valence-corrected chi connectivity index (χ2v) is 5.53. The summed E-state index contributed by atoms with van der Waals surface area (Å²) in [5, 5.41) is 10.0. The van der Waals surface area contributed by atoms with E-state index in [9.17, 15) is 28.7 Å². The van der Waals surface area contributed by atoms with Crippen LogP contribution >= 0.6 is 0 Å². The van der Waals surface area contributed by atoms with Gasteiger partial charge in [0, 0.05) is 27.7 Å². The van der Waals surface area contributed by atoms with Crippen molar-refractivity contribution in [2.45, 2.75) is 64.6 Å². The molecule has 1 heterocycles. The van der Waals surface area contributed by atoms with E-state index in [4.69, 9.17) is 18.9 Å². The fraction of sp³-hybridized carbons (Fsp3) is 0.733. The maximum Gasteiger partial charge on any atom is 0.303 e. The standard InChI is InChI=1S/C15H21FO10/c1-6(17)22-5-10(16)11-12(23-7(2)18)13(24-8(3)19)14(15(21)26-11)25-9(4)20/h10-15,21H,5H2,1-4H3/t10-,11+,12+,13-,14-,15+/m0/s1. The normalized spacial score (nSPS) is 29.2. The molecule has 0 aliphatic carbocycles. The summed E-state index contributed by atoms with van der Waals surface area (Å²) in [4.78, 5) is 44.9. The van der Waals surface area contributed by atoms with Crippen LogP contribution in [-0.4, -0.2) is 72.5 Å². The first-order chi connectivity index (χ1) is 12.0. The number of esters is 4. The van der Waals surface area contributed by atoms with Crippen LogP contribution < -0.4 is 0 Å². The highest BCUT2D eigenvalue weighted by Crippen LogP contribution is 2.30. The number of hydrogen-bond donors (Lipinski definition) is 1. The Morgan fingerprint density at radius 3 is 1.81 bits per heavy atom. The molecule has 0 amide bonds. The van der Waals surface area contributed by atoms with Crippen molar-refractivity contribution in [3.63, 3.8) is 0 Å². The van der Waals surface area contributed by atoms with Crippen molar-refractivity contribution in [1.29, 1.82) is 0 Å². The number of halogens is 1. The molecule has 0 aromatic carbocycles. The zero-order chi connectivity index (χ0) is 20.0. The third kappa shape index (κ3) is 6.23. The molecule has 1 N–H and O–H groups in total. The quantitative estimate of drug-likeness (QED) is 0.470. The van der Waals surface area contributed by atoms with E-state index in [1.54, 1.807) is 0 Å². The number of carbonyl (C=O) groups excluding carboxylic acids is 4. The largest absolute Gasteiger partial charge is 0.463 e. The second-order valence-electron chi connectivity index (χ2n) is 5.53. The Labute approximate surface area is 148 Å². The monoisotopic (exact) mass is 380 g/mol. The van der Waals surface area contributed by atoms with Gasteiger partial charge in [-0.15, -0.1) is 0 Å². The van der Waals surface area contributed by atoms with Gasteiger partial charge in [0.2, 0.25) is 0 Å². The van der Waals surface area contributed by atoms with E-state index in [0.29, 0.717) is 0 Å². The minimum absolute atomic E-state index is 0.754. The van der Waals surface area contributed by atoms with Crippen molar-refractivity contribution in [3.05, 3.63) is 0 Å². The predicted molar refractivity (Wildman–Crippen MR) is 79.1 cm³/mol. The van der Waals surface area contributed by atoms with Gasteiger partial charge in [-0.1, -0.05) is 0 Å². The van der Waals surface area contributed by atoms with Crippen molar-refractivity contribution in [1.82, 2.24) is 0 Å². The zero-order valence-electron chi connectivity index (χ0n) is 14.7. The fourth-order valence-corrected chi connectivity index (χ4v) is 2.40. The van der Waals surface area contributed by atoms with Crippen molar-refractivity contribution < 1.29 is 52.4 Å². The molecule has 0 aromatic heterocycles. The number of aliphatic hydroxyl groups excluding tert-OH is 1. The lowest BCUT2D eigenvalue weighted by Crippen LogP contribution is -2.63. The van der Waals surface area contributed by atoms with E-state index in [2.05, 4.69) is 4.74 Å². The maximum absolute atomic E-state index is 14.5. The van der Waals surface area contributed by atoms with Crippen molar-refractivity contribution in [3.8, 4) is 0 Å². The molecule has 1 rings (SSSR count). The average Bonchev–Trinajstić information content (AvgIpc) is 2.49. The Kier molecular flexibility index (Phi) is 7.90. The van der Waals surface area contributed by atoms with Crippen molar-refractivity contribution in [2.24, 2.45) is 0 Å². The summed E-state index contributed by atoms with van der Waals surface area (Å²) in [7, 11) is 0. The van der Waals surface area contributed by atoms with Crippen LogP contribution in [0.2, 0.25) is 0 Å². The van der Waals surface area contributed by atoms with Gasteiger partial charge in [0.25, 0.3) is 0 Å². The van der Waals surface area contributed by atoms with Gasteiger partial charge in [0.1, 0.15) is 12.7 Å². The summed E-state index contributed by atoms with van der Waals surface area (Å²) in [5.41, 5.74) is 0. The topological polar surface area (TPSA) is 135 Å². The van der Waals surface area contributed by atoms with Crippen LogP contribution in [0.5, 0.6) is 0 Å². The number of aliphatic hydroxyl groups is 1. The lowest BCUT2D eigenvalue weighted by atomic mass is 9.95. The van der Waals surface area contributed by atoms with Gasteiger partial charge in [-0.3, -0.25) is 19.2 Å². The van der Waals surface area contributed by atoms with E-state index in [-0.39, 0.29) is 0 Å². The molecule has 0 radical (unpaired) electrons. The molecule has 1 fully saturated rings. The summed E-state index contributed by atoms with van der Waals surface area (Å²) < 4.78 is 38.9. The number of carbonyl (C=O) groups is 4. The molecule has 6 atom stereocenters. The van der Waals surface area contributed by atoms with Crippen LogP contribution in [-0.2, 0) is 42.9 Å². The highest BCUT2D eigenvalue weighted by molar-refractivity contribution is 5.68. The average molecular weight is 380 g/mol. The van der Waals surface area contributed by atoms with E-state index in [1.807, 2.05) is 0 Å². The number of rotatable bonds is 6. The second kappa shape index (κ2) is 9.43. The van der Waals surface area contributed by atoms with Gasteiger partial charge in [0.15, 0.2) is 30.8 Å². The molecular formula is C15H21FO10. The van der Waals surface area contributed by atoms with Crippen molar-refractivity contribution in [2.75, 3.05) is 6.61 Å². The highest BCUT2D eigenvalue weighted by Gasteiger charge is 2.54. The van der Waals surface area contributed by atoms with Crippen LogP contribution in [0.3, 0.4) is 0 Å². The molecule has 1 aliphatic rings.